The number of hydrogen-bond donors (Lipinski definition) is 1. The number of furan rings is 1. The quantitative estimate of drug-likeness (QED) is 0.677. The largest absolute Gasteiger partial charge is 0.465 e. The lowest BCUT2D eigenvalue weighted by Gasteiger charge is -2.36. The van der Waals surface area contributed by atoms with Crippen molar-refractivity contribution in [3.63, 3.8) is 0 Å². The summed E-state index contributed by atoms with van der Waals surface area (Å²) in [6.07, 6.45) is 3.59. The van der Waals surface area contributed by atoms with Crippen molar-refractivity contribution in [1.29, 1.82) is 0 Å². The smallest absolute Gasteiger partial charge is 0.341 e. The van der Waals surface area contributed by atoms with Gasteiger partial charge in [-0.2, -0.15) is 0 Å². The maximum absolute atomic E-state index is 12.9. The zero-order valence-corrected chi connectivity index (χ0v) is 14.2. The molecular weight excluding hydrogens is 312 g/mol. The van der Waals surface area contributed by atoms with Crippen LogP contribution < -0.4 is 5.32 Å². The number of ether oxygens (including phenoxy) is 1. The number of imide groups is 1. The highest BCUT2D eigenvalue weighted by Crippen LogP contribution is 2.38. The van der Waals surface area contributed by atoms with Gasteiger partial charge in [0.05, 0.1) is 13.7 Å². The van der Waals surface area contributed by atoms with Gasteiger partial charge in [-0.3, -0.25) is 9.69 Å². The molecule has 0 aromatic carbocycles. The molecule has 1 N–H and O–H groups in total. The molecule has 7 heteroatoms. The third-order valence-corrected chi connectivity index (χ3v) is 5.19. The first-order valence-corrected chi connectivity index (χ1v) is 8.21. The Labute approximate surface area is 140 Å². The number of esters is 1. The lowest BCUT2D eigenvalue weighted by Crippen LogP contribution is -2.53. The van der Waals surface area contributed by atoms with Gasteiger partial charge in [-0.05, 0) is 31.7 Å². The molecule has 1 spiro atoms. The summed E-state index contributed by atoms with van der Waals surface area (Å²) in [6, 6.07) is 1.12. The molecule has 1 aromatic rings. The number of urea groups is 1. The minimum atomic E-state index is -0.790. The van der Waals surface area contributed by atoms with Crippen molar-refractivity contribution in [1.82, 2.24) is 10.2 Å². The Morgan fingerprint density at radius 2 is 2.21 bits per heavy atom. The molecule has 1 aromatic heterocycles. The van der Waals surface area contributed by atoms with Crippen LogP contribution in [0.5, 0.6) is 0 Å². The van der Waals surface area contributed by atoms with Crippen molar-refractivity contribution in [3.05, 3.63) is 23.2 Å². The number of amides is 3. The van der Waals surface area contributed by atoms with Gasteiger partial charge in [0, 0.05) is 0 Å². The van der Waals surface area contributed by atoms with Crippen LogP contribution in [0.15, 0.2) is 10.5 Å². The monoisotopic (exact) mass is 334 g/mol. The standard InChI is InChI=1S/C17H22N2O5/c1-10-6-4-5-7-17(10)15(21)19(16(22)18-17)9-12-8-13(11(2)24-12)14(20)23-3/h8,10H,4-7,9H2,1-3H3,(H,18,22). The van der Waals surface area contributed by atoms with Crippen LogP contribution in [0.3, 0.4) is 0 Å². The van der Waals surface area contributed by atoms with Crippen LogP contribution >= 0.6 is 0 Å². The van der Waals surface area contributed by atoms with Gasteiger partial charge in [-0.15, -0.1) is 0 Å². The summed E-state index contributed by atoms with van der Waals surface area (Å²) in [7, 11) is 1.29. The Kier molecular flexibility index (Phi) is 4.11. The fraction of sp³-hybridized carbons (Fsp3) is 0.588. The molecule has 7 nitrogen and oxygen atoms in total. The van der Waals surface area contributed by atoms with E-state index in [4.69, 9.17) is 4.42 Å². The van der Waals surface area contributed by atoms with E-state index in [2.05, 4.69) is 10.1 Å². The highest BCUT2D eigenvalue weighted by Gasteiger charge is 2.54. The summed E-state index contributed by atoms with van der Waals surface area (Å²) < 4.78 is 10.2. The molecule has 2 unspecified atom stereocenters. The fourth-order valence-corrected chi connectivity index (χ4v) is 3.73. The van der Waals surface area contributed by atoms with Gasteiger partial charge >= 0.3 is 12.0 Å². The maximum Gasteiger partial charge on any atom is 0.341 e. The number of methoxy groups -OCH3 is 1. The summed E-state index contributed by atoms with van der Waals surface area (Å²) in [5, 5.41) is 2.90. The first kappa shape index (κ1) is 16.5. The van der Waals surface area contributed by atoms with E-state index in [0.717, 1.165) is 19.3 Å². The van der Waals surface area contributed by atoms with Crippen LogP contribution in [0.1, 0.15) is 54.5 Å². The molecule has 1 aliphatic heterocycles. The molecule has 1 saturated carbocycles. The van der Waals surface area contributed by atoms with Crippen molar-refractivity contribution < 1.29 is 23.5 Å². The molecule has 0 radical (unpaired) electrons. The number of carbonyl (C=O) groups excluding carboxylic acids is 3. The number of rotatable bonds is 3. The summed E-state index contributed by atoms with van der Waals surface area (Å²) in [5.74, 6) is 0.198. The fourth-order valence-electron chi connectivity index (χ4n) is 3.73. The van der Waals surface area contributed by atoms with E-state index in [1.807, 2.05) is 6.92 Å². The van der Waals surface area contributed by atoms with Gasteiger partial charge in [0.1, 0.15) is 22.6 Å². The lowest BCUT2D eigenvalue weighted by atomic mass is 9.73. The molecule has 3 rings (SSSR count). The van der Waals surface area contributed by atoms with Crippen LogP contribution in [0.25, 0.3) is 0 Å². The van der Waals surface area contributed by atoms with Crippen molar-refractivity contribution in [2.45, 2.75) is 51.6 Å². The van der Waals surface area contributed by atoms with Crippen molar-refractivity contribution >= 4 is 17.9 Å². The second-order valence-corrected chi connectivity index (χ2v) is 6.61. The summed E-state index contributed by atoms with van der Waals surface area (Å²) in [5.41, 5.74) is -0.484. The maximum atomic E-state index is 12.9. The van der Waals surface area contributed by atoms with Crippen LogP contribution in [-0.4, -0.2) is 35.5 Å². The third kappa shape index (κ3) is 2.48. The molecule has 1 aliphatic carbocycles. The van der Waals surface area contributed by atoms with Crippen LogP contribution in [0.4, 0.5) is 4.79 Å². The zero-order valence-electron chi connectivity index (χ0n) is 14.2. The predicted molar refractivity (Wildman–Crippen MR) is 84.2 cm³/mol. The minimum Gasteiger partial charge on any atom is -0.465 e. The number of nitrogens with one attached hydrogen (secondary N) is 1. The second kappa shape index (κ2) is 5.96. The molecule has 2 atom stereocenters. The van der Waals surface area contributed by atoms with E-state index in [0.29, 0.717) is 23.5 Å². The van der Waals surface area contributed by atoms with Gasteiger partial charge in [0.2, 0.25) is 0 Å². The lowest BCUT2D eigenvalue weighted by molar-refractivity contribution is -0.134. The summed E-state index contributed by atoms with van der Waals surface area (Å²) in [6.45, 7) is 3.66. The molecule has 130 valence electrons. The predicted octanol–water partition coefficient (Wildman–Crippen LogP) is 2.38. The van der Waals surface area contributed by atoms with Crippen LogP contribution in [0, 0.1) is 12.8 Å². The Morgan fingerprint density at radius 1 is 1.46 bits per heavy atom. The number of aryl methyl sites for hydroxylation is 1. The molecule has 2 heterocycles. The van der Waals surface area contributed by atoms with Crippen LogP contribution in [-0.2, 0) is 16.1 Å². The Morgan fingerprint density at radius 3 is 2.88 bits per heavy atom. The topological polar surface area (TPSA) is 88.9 Å². The molecule has 3 amide bonds. The zero-order chi connectivity index (χ0) is 17.5. The molecule has 2 aliphatic rings. The summed E-state index contributed by atoms with van der Waals surface area (Å²) >= 11 is 0. The van der Waals surface area contributed by atoms with E-state index in [1.165, 1.54) is 18.1 Å². The van der Waals surface area contributed by atoms with E-state index in [9.17, 15) is 14.4 Å². The molecule has 24 heavy (non-hydrogen) atoms. The molecule has 0 bridgehead atoms. The molecule has 1 saturated heterocycles. The van der Waals surface area contributed by atoms with Crippen molar-refractivity contribution in [2.24, 2.45) is 5.92 Å². The number of nitrogens with zero attached hydrogens (tertiary/aromatic N) is 1. The van der Waals surface area contributed by atoms with Gasteiger partial charge in [-0.1, -0.05) is 19.8 Å². The SMILES string of the molecule is COC(=O)c1cc(CN2C(=O)NC3(CCCCC3C)C2=O)oc1C. The van der Waals surface area contributed by atoms with Gasteiger partial charge in [0.15, 0.2) is 0 Å². The van der Waals surface area contributed by atoms with E-state index in [1.54, 1.807) is 6.92 Å². The highest BCUT2D eigenvalue weighted by atomic mass is 16.5. The van der Waals surface area contributed by atoms with Gasteiger partial charge in [0.25, 0.3) is 5.91 Å². The second-order valence-electron chi connectivity index (χ2n) is 6.61. The number of hydrogen-bond acceptors (Lipinski definition) is 5. The van der Waals surface area contributed by atoms with E-state index >= 15 is 0 Å². The average Bonchev–Trinajstić information content (AvgIpc) is 3.03. The van der Waals surface area contributed by atoms with Crippen molar-refractivity contribution in [2.75, 3.05) is 7.11 Å². The first-order valence-electron chi connectivity index (χ1n) is 8.21. The first-order chi connectivity index (χ1) is 11.4. The Bertz CT molecular complexity index is 695. The van der Waals surface area contributed by atoms with Crippen LogP contribution in [0.2, 0.25) is 0 Å². The normalized spacial score (nSPS) is 26.8. The third-order valence-electron chi connectivity index (χ3n) is 5.19. The summed E-state index contributed by atoms with van der Waals surface area (Å²) in [4.78, 5) is 38.1. The number of carbonyl (C=O) groups is 3. The average molecular weight is 334 g/mol. The highest BCUT2D eigenvalue weighted by molar-refractivity contribution is 6.07. The van der Waals surface area contributed by atoms with E-state index < -0.39 is 17.5 Å². The van der Waals surface area contributed by atoms with Gasteiger partial charge < -0.3 is 14.5 Å². The Balaban J connectivity index is 1.82. The Hall–Kier alpha value is -2.31. The minimum absolute atomic E-state index is 0.0109. The van der Waals surface area contributed by atoms with Crippen molar-refractivity contribution in [3.8, 4) is 0 Å². The molecule has 2 fully saturated rings. The van der Waals surface area contributed by atoms with E-state index in [-0.39, 0.29) is 18.4 Å². The van der Waals surface area contributed by atoms with Gasteiger partial charge in [-0.25, -0.2) is 9.59 Å². The molecular formula is C17H22N2O5.